The second kappa shape index (κ2) is 12.2. The average molecular weight is 628 g/mol. The number of carbonyl (C=O) groups is 2. The summed E-state index contributed by atoms with van der Waals surface area (Å²) in [4.78, 5) is 30.8. The van der Waals surface area contributed by atoms with Crippen molar-refractivity contribution in [2.75, 3.05) is 53.5 Å². The van der Waals surface area contributed by atoms with Crippen LogP contribution in [0.3, 0.4) is 0 Å². The minimum absolute atomic E-state index is 0.0613. The van der Waals surface area contributed by atoms with Crippen molar-refractivity contribution in [3.05, 3.63) is 119 Å². The number of ketones is 1. The van der Waals surface area contributed by atoms with Crippen LogP contribution in [0, 0.1) is 0 Å². The number of fused-ring (bicyclic) bond motifs is 1. The standard InChI is InChI=1S/C33H30ClN5O4S/c1-38-15-17-39(18-16-38)26-12-10-24(11-13-26)35-21-28-27-14-9-23(20-30(27)36-33(28)41)32(40)22-5-4-6-25(19-22)37-44(42,43)31-8-3-2-7-29(31)34/h2-14,19-21,35,37H,15-18H2,1H3,(H,36,41). The van der Waals surface area contributed by atoms with E-state index in [9.17, 15) is 18.0 Å². The van der Waals surface area contributed by atoms with Crippen LogP contribution >= 0.6 is 11.6 Å². The molecule has 1 fully saturated rings. The minimum Gasteiger partial charge on any atom is -0.369 e. The molecule has 0 atom stereocenters. The molecule has 0 unspecified atom stereocenters. The SMILES string of the molecule is CN1CCN(c2ccc(NC=C3C(=O)Nc4cc(C(=O)c5cccc(NS(=O)(=O)c6ccccc6Cl)c5)ccc43)cc2)CC1. The Bertz CT molecular complexity index is 1880. The maximum atomic E-state index is 13.4. The molecule has 6 rings (SSSR count). The van der Waals surface area contributed by atoms with Crippen LogP contribution < -0.4 is 20.3 Å². The van der Waals surface area contributed by atoms with Gasteiger partial charge in [0.2, 0.25) is 0 Å². The van der Waals surface area contributed by atoms with Crippen LogP contribution in [0.15, 0.2) is 102 Å². The summed E-state index contributed by atoms with van der Waals surface area (Å²) in [6.07, 6.45) is 1.67. The van der Waals surface area contributed by atoms with Crippen molar-refractivity contribution >= 4 is 61.6 Å². The van der Waals surface area contributed by atoms with Gasteiger partial charge in [-0.25, -0.2) is 8.42 Å². The van der Waals surface area contributed by atoms with Gasteiger partial charge < -0.3 is 20.4 Å². The Morgan fingerprint density at radius 2 is 1.59 bits per heavy atom. The van der Waals surface area contributed by atoms with E-state index in [2.05, 4.69) is 44.3 Å². The molecular formula is C33H30ClN5O4S. The number of amides is 1. The number of nitrogens with zero attached hydrogens (tertiary/aromatic N) is 2. The summed E-state index contributed by atoms with van der Waals surface area (Å²) in [5.41, 5.74) is 4.53. The quantitative estimate of drug-likeness (QED) is 0.174. The highest BCUT2D eigenvalue weighted by Crippen LogP contribution is 2.33. The van der Waals surface area contributed by atoms with Gasteiger partial charge >= 0.3 is 0 Å². The maximum absolute atomic E-state index is 13.4. The number of nitrogens with one attached hydrogen (secondary N) is 3. The topological polar surface area (TPSA) is 111 Å². The van der Waals surface area contributed by atoms with E-state index in [0.29, 0.717) is 22.4 Å². The summed E-state index contributed by atoms with van der Waals surface area (Å²) in [5, 5.41) is 6.15. The lowest BCUT2D eigenvalue weighted by Gasteiger charge is -2.34. The zero-order valence-electron chi connectivity index (χ0n) is 23.9. The van der Waals surface area contributed by atoms with Crippen molar-refractivity contribution in [3.8, 4) is 0 Å². The maximum Gasteiger partial charge on any atom is 0.263 e. The number of hydrogen-bond donors (Lipinski definition) is 3. The lowest BCUT2D eigenvalue weighted by Crippen LogP contribution is -2.44. The van der Waals surface area contributed by atoms with Crippen molar-refractivity contribution in [1.29, 1.82) is 0 Å². The molecule has 2 aliphatic rings. The fourth-order valence-electron chi connectivity index (χ4n) is 5.23. The predicted octanol–water partition coefficient (Wildman–Crippen LogP) is 5.53. The number of likely N-dealkylation sites (N-methyl/N-ethyl adjacent to an activating group) is 1. The molecule has 0 radical (unpaired) electrons. The molecule has 2 heterocycles. The first-order valence-corrected chi connectivity index (χ1v) is 15.9. The minimum atomic E-state index is -3.96. The van der Waals surface area contributed by atoms with E-state index in [-0.39, 0.29) is 32.9 Å². The monoisotopic (exact) mass is 627 g/mol. The van der Waals surface area contributed by atoms with Gasteiger partial charge in [0.25, 0.3) is 15.9 Å². The fourth-order valence-corrected chi connectivity index (χ4v) is 6.80. The Kier molecular flexibility index (Phi) is 8.13. The molecule has 0 saturated carbocycles. The first-order valence-electron chi connectivity index (χ1n) is 14.1. The molecule has 0 aromatic heterocycles. The van der Waals surface area contributed by atoms with Crippen molar-refractivity contribution in [1.82, 2.24) is 4.90 Å². The number of anilines is 4. The average Bonchev–Trinajstić information content (AvgIpc) is 3.34. The Morgan fingerprint density at radius 3 is 2.34 bits per heavy atom. The summed E-state index contributed by atoms with van der Waals surface area (Å²) in [5.74, 6) is -0.598. The number of sulfonamides is 1. The van der Waals surface area contributed by atoms with Crippen molar-refractivity contribution < 1.29 is 18.0 Å². The van der Waals surface area contributed by atoms with Gasteiger partial charge in [0.15, 0.2) is 5.78 Å². The van der Waals surface area contributed by atoms with Gasteiger partial charge in [-0.15, -0.1) is 0 Å². The Hall–Kier alpha value is -4.64. The predicted molar refractivity (Wildman–Crippen MR) is 175 cm³/mol. The third-order valence-electron chi connectivity index (χ3n) is 7.69. The van der Waals surface area contributed by atoms with Crippen LogP contribution in [-0.2, 0) is 14.8 Å². The van der Waals surface area contributed by atoms with Gasteiger partial charge in [0, 0.05) is 71.8 Å². The first kappa shape index (κ1) is 29.4. The summed E-state index contributed by atoms with van der Waals surface area (Å²) in [7, 11) is -1.83. The van der Waals surface area contributed by atoms with Gasteiger partial charge in [-0.3, -0.25) is 14.3 Å². The van der Waals surface area contributed by atoms with Crippen LogP contribution in [0.2, 0.25) is 5.02 Å². The highest BCUT2D eigenvalue weighted by atomic mass is 35.5. The number of hydrogen-bond acceptors (Lipinski definition) is 7. The Morgan fingerprint density at radius 1 is 0.864 bits per heavy atom. The van der Waals surface area contributed by atoms with Crippen LogP contribution in [0.4, 0.5) is 22.7 Å². The molecule has 11 heteroatoms. The number of benzene rings is 4. The lowest BCUT2D eigenvalue weighted by molar-refractivity contribution is -0.110. The normalized spacial score (nSPS) is 16.0. The van der Waals surface area contributed by atoms with E-state index < -0.39 is 10.0 Å². The first-order chi connectivity index (χ1) is 21.2. The van der Waals surface area contributed by atoms with Crippen LogP contribution in [-0.4, -0.2) is 58.2 Å². The summed E-state index contributed by atoms with van der Waals surface area (Å²) >= 11 is 6.08. The van der Waals surface area contributed by atoms with Crippen LogP contribution in [0.1, 0.15) is 21.5 Å². The third kappa shape index (κ3) is 6.19. The molecule has 0 aliphatic carbocycles. The number of halogens is 1. The second-order valence-corrected chi connectivity index (χ2v) is 12.8. The van der Waals surface area contributed by atoms with E-state index >= 15 is 0 Å². The van der Waals surface area contributed by atoms with E-state index in [4.69, 9.17) is 11.6 Å². The van der Waals surface area contributed by atoms with E-state index in [1.54, 1.807) is 54.7 Å². The van der Waals surface area contributed by atoms with Gasteiger partial charge in [-0.1, -0.05) is 48.0 Å². The molecule has 9 nitrogen and oxygen atoms in total. The zero-order chi connectivity index (χ0) is 30.8. The Balaban J connectivity index is 1.16. The smallest absolute Gasteiger partial charge is 0.263 e. The summed E-state index contributed by atoms with van der Waals surface area (Å²) < 4.78 is 28.2. The largest absolute Gasteiger partial charge is 0.369 e. The van der Waals surface area contributed by atoms with Gasteiger partial charge in [-0.05, 0) is 61.6 Å². The molecule has 1 saturated heterocycles. The lowest BCUT2D eigenvalue weighted by atomic mass is 9.99. The molecule has 2 aliphatic heterocycles. The van der Waals surface area contributed by atoms with Gasteiger partial charge in [0.1, 0.15) is 4.90 Å². The van der Waals surface area contributed by atoms with Gasteiger partial charge in [-0.2, -0.15) is 0 Å². The highest BCUT2D eigenvalue weighted by Gasteiger charge is 2.26. The van der Waals surface area contributed by atoms with Crippen LogP contribution in [0.5, 0.6) is 0 Å². The number of piperazine rings is 1. The molecule has 3 N–H and O–H groups in total. The second-order valence-electron chi connectivity index (χ2n) is 10.7. The van der Waals surface area contributed by atoms with E-state index in [1.165, 1.54) is 23.9 Å². The van der Waals surface area contributed by atoms with E-state index in [0.717, 1.165) is 31.9 Å². The molecule has 224 valence electrons. The van der Waals surface area contributed by atoms with Crippen LogP contribution in [0.25, 0.3) is 5.57 Å². The molecule has 4 aromatic carbocycles. The molecule has 1 amide bonds. The van der Waals surface area contributed by atoms with Crippen molar-refractivity contribution in [2.24, 2.45) is 0 Å². The molecule has 4 aromatic rings. The molecular weight excluding hydrogens is 598 g/mol. The van der Waals surface area contributed by atoms with Crippen molar-refractivity contribution in [2.45, 2.75) is 4.90 Å². The molecule has 0 spiro atoms. The number of rotatable bonds is 8. The van der Waals surface area contributed by atoms with E-state index in [1.807, 2.05) is 12.1 Å². The van der Waals surface area contributed by atoms with Gasteiger partial charge in [0.05, 0.1) is 10.6 Å². The summed E-state index contributed by atoms with van der Waals surface area (Å²) in [6.45, 7) is 4.05. The highest BCUT2D eigenvalue weighted by molar-refractivity contribution is 7.92. The third-order valence-corrected chi connectivity index (χ3v) is 9.57. The van der Waals surface area contributed by atoms with Crippen molar-refractivity contribution in [3.63, 3.8) is 0 Å². The summed E-state index contributed by atoms with van der Waals surface area (Å²) in [6, 6.07) is 25.5. The fraction of sp³-hybridized carbons (Fsp3) is 0.152. The Labute approximate surface area is 261 Å². The molecule has 0 bridgehead atoms. The zero-order valence-corrected chi connectivity index (χ0v) is 25.5. The molecule has 44 heavy (non-hydrogen) atoms. The number of carbonyl (C=O) groups excluding carboxylic acids is 2.